The third-order valence-corrected chi connectivity index (χ3v) is 3.87. The summed E-state index contributed by atoms with van der Waals surface area (Å²) in [5.41, 5.74) is 2.73. The van der Waals surface area contributed by atoms with Gasteiger partial charge in [-0.2, -0.15) is 0 Å². The SMILES string of the molecule is CN(CC1CCCNC1)c1ccc2[nH]c(=O)[nH]c2c1. The summed E-state index contributed by atoms with van der Waals surface area (Å²) in [6, 6.07) is 6.05. The number of fused-ring (bicyclic) bond motifs is 1. The molecule has 3 N–H and O–H groups in total. The molecular weight excluding hydrogens is 240 g/mol. The highest BCUT2D eigenvalue weighted by molar-refractivity contribution is 5.78. The molecule has 5 nitrogen and oxygen atoms in total. The topological polar surface area (TPSA) is 63.9 Å². The molecule has 1 aromatic heterocycles. The summed E-state index contributed by atoms with van der Waals surface area (Å²) in [5.74, 6) is 0.708. The number of nitrogens with one attached hydrogen (secondary N) is 3. The molecule has 1 aromatic carbocycles. The lowest BCUT2D eigenvalue weighted by Gasteiger charge is -2.28. The fourth-order valence-corrected chi connectivity index (χ4v) is 2.83. The van der Waals surface area contributed by atoms with Crippen molar-refractivity contribution in [2.24, 2.45) is 5.92 Å². The molecule has 3 rings (SSSR count). The van der Waals surface area contributed by atoms with E-state index in [0.29, 0.717) is 5.92 Å². The van der Waals surface area contributed by atoms with Gasteiger partial charge >= 0.3 is 5.69 Å². The molecule has 1 unspecified atom stereocenters. The van der Waals surface area contributed by atoms with Gasteiger partial charge in [0.15, 0.2) is 0 Å². The van der Waals surface area contributed by atoms with Crippen molar-refractivity contribution in [3.8, 4) is 0 Å². The number of rotatable bonds is 3. The van der Waals surface area contributed by atoms with Crippen molar-refractivity contribution in [3.05, 3.63) is 28.7 Å². The van der Waals surface area contributed by atoms with Crippen LogP contribution in [0.15, 0.2) is 23.0 Å². The highest BCUT2D eigenvalue weighted by Gasteiger charge is 2.15. The minimum absolute atomic E-state index is 0.147. The van der Waals surface area contributed by atoms with Gasteiger partial charge in [0, 0.05) is 19.3 Å². The normalized spacial score (nSPS) is 19.7. The van der Waals surface area contributed by atoms with Crippen LogP contribution in [0.3, 0.4) is 0 Å². The van der Waals surface area contributed by atoms with Crippen LogP contribution in [0.25, 0.3) is 11.0 Å². The number of anilines is 1. The van der Waals surface area contributed by atoms with Gasteiger partial charge in [-0.25, -0.2) is 4.79 Å². The maximum atomic E-state index is 11.3. The van der Waals surface area contributed by atoms with Gasteiger partial charge in [0.05, 0.1) is 11.0 Å². The molecule has 0 bridgehead atoms. The second-order valence-corrected chi connectivity index (χ2v) is 5.40. The van der Waals surface area contributed by atoms with Gasteiger partial charge in [0.1, 0.15) is 0 Å². The number of aromatic nitrogens is 2. The summed E-state index contributed by atoms with van der Waals surface area (Å²) >= 11 is 0. The summed E-state index contributed by atoms with van der Waals surface area (Å²) < 4.78 is 0. The van der Waals surface area contributed by atoms with Crippen LogP contribution < -0.4 is 15.9 Å². The lowest BCUT2D eigenvalue weighted by atomic mass is 9.99. The van der Waals surface area contributed by atoms with Crippen molar-refractivity contribution in [1.29, 1.82) is 0 Å². The van der Waals surface area contributed by atoms with E-state index in [-0.39, 0.29) is 5.69 Å². The van der Waals surface area contributed by atoms with Crippen LogP contribution in [0.2, 0.25) is 0 Å². The van der Waals surface area contributed by atoms with Crippen molar-refractivity contribution in [2.45, 2.75) is 12.8 Å². The zero-order chi connectivity index (χ0) is 13.2. The summed E-state index contributed by atoms with van der Waals surface area (Å²) in [6.07, 6.45) is 2.56. The van der Waals surface area contributed by atoms with Crippen LogP contribution in [-0.2, 0) is 0 Å². The van der Waals surface area contributed by atoms with Gasteiger partial charge in [-0.05, 0) is 50.0 Å². The highest BCUT2D eigenvalue weighted by atomic mass is 16.1. The lowest BCUT2D eigenvalue weighted by molar-refractivity contribution is 0.381. The molecule has 2 heterocycles. The predicted octanol–water partition coefficient (Wildman–Crippen LogP) is 1.29. The lowest BCUT2D eigenvalue weighted by Crippen LogP contribution is -2.36. The number of H-pyrrole nitrogens is 2. The molecule has 0 aliphatic carbocycles. The smallest absolute Gasteiger partial charge is 0.323 e. The Labute approximate surface area is 112 Å². The Morgan fingerprint density at radius 2 is 2.16 bits per heavy atom. The standard InChI is InChI=1S/C14H20N4O/c1-18(9-10-3-2-6-15-8-10)11-4-5-12-13(7-11)17-14(19)16-12/h4-5,7,10,15H,2-3,6,8-9H2,1H3,(H2,16,17,19). The van der Waals surface area contributed by atoms with Gasteiger partial charge in [-0.1, -0.05) is 0 Å². The minimum Gasteiger partial charge on any atom is -0.374 e. The number of nitrogens with zero attached hydrogens (tertiary/aromatic N) is 1. The summed E-state index contributed by atoms with van der Waals surface area (Å²) in [6.45, 7) is 3.30. The molecule has 1 aliphatic rings. The van der Waals surface area contributed by atoms with E-state index in [9.17, 15) is 4.79 Å². The largest absolute Gasteiger partial charge is 0.374 e. The van der Waals surface area contributed by atoms with Crippen molar-refractivity contribution in [2.75, 3.05) is 31.6 Å². The number of aromatic amines is 2. The van der Waals surface area contributed by atoms with E-state index in [1.807, 2.05) is 12.1 Å². The number of hydrogen-bond acceptors (Lipinski definition) is 3. The highest BCUT2D eigenvalue weighted by Crippen LogP contribution is 2.20. The summed E-state index contributed by atoms with van der Waals surface area (Å²) in [5, 5.41) is 3.45. The number of piperidine rings is 1. The first-order chi connectivity index (χ1) is 9.22. The van der Waals surface area contributed by atoms with E-state index in [0.717, 1.165) is 36.4 Å². The van der Waals surface area contributed by atoms with E-state index in [1.165, 1.54) is 12.8 Å². The van der Waals surface area contributed by atoms with Crippen LogP contribution >= 0.6 is 0 Å². The fraction of sp³-hybridized carbons (Fsp3) is 0.500. The first kappa shape index (κ1) is 12.3. The maximum absolute atomic E-state index is 11.3. The molecule has 1 saturated heterocycles. The van der Waals surface area contributed by atoms with Crippen LogP contribution in [0.1, 0.15) is 12.8 Å². The van der Waals surface area contributed by atoms with Crippen molar-refractivity contribution < 1.29 is 0 Å². The first-order valence-corrected chi connectivity index (χ1v) is 6.86. The number of imidazole rings is 1. The monoisotopic (exact) mass is 260 g/mol. The molecule has 0 radical (unpaired) electrons. The average molecular weight is 260 g/mol. The van der Waals surface area contributed by atoms with E-state index in [1.54, 1.807) is 0 Å². The van der Waals surface area contributed by atoms with Gasteiger partial charge in [0.25, 0.3) is 0 Å². The molecule has 2 aromatic rings. The summed E-state index contributed by atoms with van der Waals surface area (Å²) in [7, 11) is 2.11. The molecule has 1 fully saturated rings. The average Bonchev–Trinajstić information content (AvgIpc) is 2.78. The zero-order valence-corrected chi connectivity index (χ0v) is 11.2. The van der Waals surface area contributed by atoms with Crippen LogP contribution in [-0.4, -0.2) is 36.6 Å². The minimum atomic E-state index is -0.147. The van der Waals surface area contributed by atoms with Crippen molar-refractivity contribution in [3.63, 3.8) is 0 Å². The Morgan fingerprint density at radius 1 is 1.32 bits per heavy atom. The van der Waals surface area contributed by atoms with Crippen molar-refractivity contribution in [1.82, 2.24) is 15.3 Å². The van der Waals surface area contributed by atoms with Gasteiger partial charge in [0.2, 0.25) is 0 Å². The Morgan fingerprint density at radius 3 is 2.95 bits per heavy atom. The second kappa shape index (κ2) is 5.09. The second-order valence-electron chi connectivity index (χ2n) is 5.40. The molecule has 0 spiro atoms. The molecule has 19 heavy (non-hydrogen) atoms. The molecule has 1 aliphatic heterocycles. The molecule has 102 valence electrons. The zero-order valence-electron chi connectivity index (χ0n) is 11.2. The fourth-order valence-electron chi connectivity index (χ4n) is 2.83. The molecule has 5 heteroatoms. The Bertz CT molecular complexity index is 609. The Kier molecular flexibility index (Phi) is 3.29. The van der Waals surface area contributed by atoms with E-state index in [4.69, 9.17) is 0 Å². The number of hydrogen-bond donors (Lipinski definition) is 3. The van der Waals surface area contributed by atoms with Gasteiger partial charge in [-0.3, -0.25) is 0 Å². The Balaban J connectivity index is 1.76. The van der Waals surface area contributed by atoms with E-state index < -0.39 is 0 Å². The summed E-state index contributed by atoms with van der Waals surface area (Å²) in [4.78, 5) is 19.1. The van der Waals surface area contributed by atoms with Crippen LogP contribution in [0, 0.1) is 5.92 Å². The molecular formula is C14H20N4O. The number of benzene rings is 1. The van der Waals surface area contributed by atoms with Crippen molar-refractivity contribution >= 4 is 16.7 Å². The maximum Gasteiger partial charge on any atom is 0.323 e. The van der Waals surface area contributed by atoms with Crippen LogP contribution in [0.4, 0.5) is 5.69 Å². The van der Waals surface area contributed by atoms with E-state index >= 15 is 0 Å². The third kappa shape index (κ3) is 2.66. The predicted molar refractivity (Wildman–Crippen MR) is 77.8 cm³/mol. The van der Waals surface area contributed by atoms with Gasteiger partial charge in [-0.15, -0.1) is 0 Å². The Hall–Kier alpha value is -1.75. The molecule has 0 amide bonds. The first-order valence-electron chi connectivity index (χ1n) is 6.86. The molecule has 0 saturated carbocycles. The van der Waals surface area contributed by atoms with Gasteiger partial charge < -0.3 is 20.2 Å². The van der Waals surface area contributed by atoms with Crippen LogP contribution in [0.5, 0.6) is 0 Å². The van der Waals surface area contributed by atoms with E-state index in [2.05, 4.69) is 33.3 Å². The quantitative estimate of drug-likeness (QED) is 0.779. The molecule has 1 atom stereocenters. The third-order valence-electron chi connectivity index (χ3n) is 3.87.